The van der Waals surface area contributed by atoms with Crippen LogP contribution in [0.4, 0.5) is 5.69 Å². The maximum atomic E-state index is 12.0. The maximum Gasteiger partial charge on any atom is 0.314 e. The Morgan fingerprint density at radius 3 is 2.37 bits per heavy atom. The molecule has 7 heteroatoms. The largest absolute Gasteiger partial charge is 0.465 e. The molecule has 0 heterocycles. The fourth-order valence-corrected chi connectivity index (χ4v) is 2.55. The van der Waals surface area contributed by atoms with E-state index in [2.05, 4.69) is 15.8 Å². The second kappa shape index (κ2) is 11.1. The van der Waals surface area contributed by atoms with Crippen LogP contribution in [0.25, 0.3) is 0 Å². The van der Waals surface area contributed by atoms with Gasteiger partial charge >= 0.3 is 5.97 Å². The molecule has 2 amide bonds. The lowest BCUT2D eigenvalue weighted by Gasteiger charge is -2.13. The number of amides is 2. The highest BCUT2D eigenvalue weighted by Crippen LogP contribution is 2.16. The van der Waals surface area contributed by atoms with Gasteiger partial charge in [0.1, 0.15) is 0 Å². The van der Waals surface area contributed by atoms with E-state index in [0.717, 1.165) is 16.8 Å². The average Bonchev–Trinajstić information content (AvgIpc) is 2.61. The fraction of sp³-hybridized carbons (Fsp3) is 0.500. The quantitative estimate of drug-likeness (QED) is 0.394. The van der Waals surface area contributed by atoms with Crippen LogP contribution in [0.1, 0.15) is 51.2 Å². The summed E-state index contributed by atoms with van der Waals surface area (Å²) in [6.45, 7) is 9.45. The van der Waals surface area contributed by atoms with Crippen LogP contribution in [-0.2, 0) is 19.1 Å². The van der Waals surface area contributed by atoms with Crippen LogP contribution in [0.5, 0.6) is 0 Å². The van der Waals surface area contributed by atoms with Gasteiger partial charge in [-0.25, -0.2) is 5.43 Å². The lowest BCUT2D eigenvalue weighted by atomic mass is 10.0. The molecule has 0 aliphatic rings. The molecule has 0 aromatic heterocycles. The number of esters is 1. The standard InChI is InChI=1S/C20H29N3O4/c1-6-16(20(26)27-7-2)15(5)22-23-19(25)11-10-18(24)21-17-9-8-13(3)12-14(17)4/h8-9,12,16H,6-7,10-11H2,1-5H3,(H,21,24)(H,23,25)/b22-15+/t16-/m1/s1. The predicted molar refractivity (Wildman–Crippen MR) is 105 cm³/mol. The Morgan fingerprint density at radius 1 is 1.11 bits per heavy atom. The molecule has 0 aliphatic heterocycles. The summed E-state index contributed by atoms with van der Waals surface area (Å²) in [6, 6.07) is 5.74. The number of ether oxygens (including phenoxy) is 1. The summed E-state index contributed by atoms with van der Waals surface area (Å²) in [6.07, 6.45) is 0.578. The first-order chi connectivity index (χ1) is 12.8. The molecule has 1 rings (SSSR count). The summed E-state index contributed by atoms with van der Waals surface area (Å²) < 4.78 is 4.99. The van der Waals surface area contributed by atoms with Crippen molar-refractivity contribution in [3.05, 3.63) is 29.3 Å². The molecule has 1 aromatic carbocycles. The first kappa shape index (κ1) is 22.3. The van der Waals surface area contributed by atoms with Gasteiger partial charge in [0.15, 0.2) is 0 Å². The summed E-state index contributed by atoms with van der Waals surface area (Å²) in [5.74, 6) is -1.47. The monoisotopic (exact) mass is 375 g/mol. The van der Waals surface area contributed by atoms with Gasteiger partial charge < -0.3 is 10.1 Å². The molecule has 27 heavy (non-hydrogen) atoms. The molecule has 148 valence electrons. The molecule has 1 atom stereocenters. The van der Waals surface area contributed by atoms with Gasteiger partial charge in [-0.3, -0.25) is 14.4 Å². The summed E-state index contributed by atoms with van der Waals surface area (Å²) >= 11 is 0. The van der Waals surface area contributed by atoms with Crippen molar-refractivity contribution in [1.29, 1.82) is 0 Å². The van der Waals surface area contributed by atoms with E-state index in [0.29, 0.717) is 18.7 Å². The Labute approximate surface area is 160 Å². The SMILES string of the molecule is CCOC(=O)[C@H](CC)/C(C)=N/NC(=O)CCC(=O)Nc1ccc(C)cc1C. The van der Waals surface area contributed by atoms with Crippen molar-refractivity contribution in [2.75, 3.05) is 11.9 Å². The zero-order valence-electron chi connectivity index (χ0n) is 16.7. The number of aryl methyl sites for hydroxylation is 2. The molecule has 0 aliphatic carbocycles. The van der Waals surface area contributed by atoms with Crippen molar-refractivity contribution >= 4 is 29.2 Å². The highest BCUT2D eigenvalue weighted by atomic mass is 16.5. The average molecular weight is 375 g/mol. The molecule has 0 saturated heterocycles. The zero-order chi connectivity index (χ0) is 20.4. The molecule has 0 radical (unpaired) electrons. The molecule has 0 spiro atoms. The van der Waals surface area contributed by atoms with Crippen LogP contribution in [0.15, 0.2) is 23.3 Å². The highest BCUT2D eigenvalue weighted by Gasteiger charge is 2.21. The van der Waals surface area contributed by atoms with E-state index >= 15 is 0 Å². The summed E-state index contributed by atoms with van der Waals surface area (Å²) in [5.41, 5.74) is 5.69. The number of hydrogen-bond donors (Lipinski definition) is 2. The minimum Gasteiger partial charge on any atom is -0.465 e. The molecule has 1 aromatic rings. The third-order valence-electron chi connectivity index (χ3n) is 4.08. The van der Waals surface area contributed by atoms with E-state index in [1.807, 2.05) is 39.0 Å². The number of rotatable bonds is 9. The summed E-state index contributed by atoms with van der Waals surface area (Å²) in [7, 11) is 0. The van der Waals surface area contributed by atoms with Crippen LogP contribution in [0.2, 0.25) is 0 Å². The maximum absolute atomic E-state index is 12.0. The molecule has 2 N–H and O–H groups in total. The molecule has 0 saturated carbocycles. The van der Waals surface area contributed by atoms with Crippen molar-refractivity contribution in [2.45, 2.75) is 53.9 Å². The van der Waals surface area contributed by atoms with Gasteiger partial charge in [-0.05, 0) is 45.7 Å². The number of hydrogen-bond acceptors (Lipinski definition) is 5. The normalized spacial score (nSPS) is 12.3. The Morgan fingerprint density at radius 2 is 1.78 bits per heavy atom. The highest BCUT2D eigenvalue weighted by molar-refractivity contribution is 6.01. The molecular weight excluding hydrogens is 346 g/mol. The van der Waals surface area contributed by atoms with Gasteiger partial charge in [0.2, 0.25) is 11.8 Å². The molecule has 7 nitrogen and oxygen atoms in total. The van der Waals surface area contributed by atoms with Gasteiger partial charge in [-0.2, -0.15) is 5.10 Å². The van der Waals surface area contributed by atoms with Gasteiger partial charge in [0.25, 0.3) is 0 Å². The number of nitrogens with one attached hydrogen (secondary N) is 2. The number of carbonyl (C=O) groups excluding carboxylic acids is 3. The van der Waals surface area contributed by atoms with Crippen molar-refractivity contribution in [3.63, 3.8) is 0 Å². The lowest BCUT2D eigenvalue weighted by Crippen LogP contribution is -2.27. The Balaban J connectivity index is 2.49. The third-order valence-corrected chi connectivity index (χ3v) is 4.08. The molecular formula is C20H29N3O4. The van der Waals surface area contributed by atoms with Crippen molar-refractivity contribution in [2.24, 2.45) is 11.0 Å². The second-order valence-corrected chi connectivity index (χ2v) is 6.37. The molecule has 0 bridgehead atoms. The molecule has 0 fully saturated rings. The summed E-state index contributed by atoms with van der Waals surface area (Å²) in [4.78, 5) is 35.8. The first-order valence-electron chi connectivity index (χ1n) is 9.15. The number of anilines is 1. The van der Waals surface area contributed by atoms with Gasteiger partial charge in [0.05, 0.1) is 12.5 Å². The van der Waals surface area contributed by atoms with Crippen LogP contribution >= 0.6 is 0 Å². The Kier molecular flexibility index (Phi) is 9.19. The number of benzene rings is 1. The van der Waals surface area contributed by atoms with Gasteiger partial charge in [-0.15, -0.1) is 0 Å². The Bertz CT molecular complexity index is 713. The van der Waals surface area contributed by atoms with E-state index in [1.54, 1.807) is 13.8 Å². The van der Waals surface area contributed by atoms with E-state index in [9.17, 15) is 14.4 Å². The van der Waals surface area contributed by atoms with Gasteiger partial charge in [0, 0.05) is 24.2 Å². The minimum atomic E-state index is -0.488. The van der Waals surface area contributed by atoms with Crippen molar-refractivity contribution in [3.8, 4) is 0 Å². The first-order valence-corrected chi connectivity index (χ1v) is 9.15. The number of hydrazone groups is 1. The number of carbonyl (C=O) groups is 3. The second-order valence-electron chi connectivity index (χ2n) is 6.37. The lowest BCUT2D eigenvalue weighted by molar-refractivity contribution is -0.145. The van der Waals surface area contributed by atoms with Crippen LogP contribution in [0.3, 0.4) is 0 Å². The predicted octanol–water partition coefficient (Wildman–Crippen LogP) is 3.10. The smallest absolute Gasteiger partial charge is 0.314 e. The zero-order valence-corrected chi connectivity index (χ0v) is 16.7. The van der Waals surface area contributed by atoms with E-state index in [4.69, 9.17) is 4.74 Å². The topological polar surface area (TPSA) is 96.9 Å². The summed E-state index contributed by atoms with van der Waals surface area (Å²) in [5, 5.41) is 6.77. The number of nitrogens with zero attached hydrogens (tertiary/aromatic N) is 1. The van der Waals surface area contributed by atoms with E-state index in [1.165, 1.54) is 0 Å². The van der Waals surface area contributed by atoms with E-state index in [-0.39, 0.29) is 30.6 Å². The third kappa shape index (κ3) is 7.60. The van der Waals surface area contributed by atoms with E-state index < -0.39 is 5.92 Å². The van der Waals surface area contributed by atoms with Crippen LogP contribution in [0, 0.1) is 19.8 Å². The fourth-order valence-electron chi connectivity index (χ4n) is 2.55. The Hall–Kier alpha value is -2.70. The van der Waals surface area contributed by atoms with Crippen LogP contribution in [-0.4, -0.2) is 30.1 Å². The van der Waals surface area contributed by atoms with Gasteiger partial charge in [-0.1, -0.05) is 24.6 Å². The minimum absolute atomic E-state index is 0.00369. The molecule has 0 unspecified atom stereocenters. The van der Waals surface area contributed by atoms with Crippen molar-refractivity contribution in [1.82, 2.24) is 5.43 Å². The van der Waals surface area contributed by atoms with Crippen molar-refractivity contribution < 1.29 is 19.1 Å². The van der Waals surface area contributed by atoms with Crippen LogP contribution < -0.4 is 10.7 Å².